The van der Waals surface area contributed by atoms with Crippen molar-refractivity contribution in [2.24, 2.45) is 0 Å². The molecule has 4 heteroatoms. The molecule has 2 aliphatic rings. The summed E-state index contributed by atoms with van der Waals surface area (Å²) in [5, 5.41) is 13.2. The topological polar surface area (TPSA) is 39.1 Å². The van der Waals surface area contributed by atoms with Crippen molar-refractivity contribution in [3.63, 3.8) is 0 Å². The van der Waals surface area contributed by atoms with Gasteiger partial charge in [-0.25, -0.2) is 0 Å². The minimum atomic E-state index is 0.221. The Kier molecular flexibility index (Phi) is 4.42. The van der Waals surface area contributed by atoms with Gasteiger partial charge in [-0.2, -0.15) is 5.26 Å². The van der Waals surface area contributed by atoms with E-state index in [4.69, 9.17) is 0 Å². The Bertz CT molecular complexity index is 535. The summed E-state index contributed by atoms with van der Waals surface area (Å²) in [7, 11) is 0. The standard InChI is InChI=1S/C17H23N3S/c1-21-16-7-5-6-15(14(16)12-18)20-11-10-19-13-17(20)8-3-2-4-9-17/h5-7,19H,2-4,8-11,13H2,1H3. The molecule has 1 spiro atoms. The Morgan fingerprint density at radius 2 is 2.10 bits per heavy atom. The normalized spacial score (nSPS) is 21.2. The van der Waals surface area contributed by atoms with Gasteiger partial charge in [0, 0.05) is 24.5 Å². The quantitative estimate of drug-likeness (QED) is 0.850. The number of nitrogens with zero attached hydrogens (tertiary/aromatic N) is 2. The van der Waals surface area contributed by atoms with Crippen molar-refractivity contribution >= 4 is 17.4 Å². The first kappa shape index (κ1) is 14.7. The molecule has 21 heavy (non-hydrogen) atoms. The van der Waals surface area contributed by atoms with Gasteiger partial charge >= 0.3 is 0 Å². The molecule has 0 radical (unpaired) electrons. The predicted molar refractivity (Wildman–Crippen MR) is 89.0 cm³/mol. The van der Waals surface area contributed by atoms with Gasteiger partial charge in [0.2, 0.25) is 0 Å². The van der Waals surface area contributed by atoms with E-state index in [2.05, 4.69) is 34.5 Å². The zero-order valence-electron chi connectivity index (χ0n) is 12.7. The Balaban J connectivity index is 2.03. The highest BCUT2D eigenvalue weighted by Crippen LogP contribution is 2.40. The van der Waals surface area contributed by atoms with E-state index < -0.39 is 0 Å². The zero-order chi connectivity index (χ0) is 14.7. The van der Waals surface area contributed by atoms with E-state index in [1.54, 1.807) is 11.8 Å². The van der Waals surface area contributed by atoms with Gasteiger partial charge in [-0.3, -0.25) is 0 Å². The van der Waals surface area contributed by atoms with Crippen LogP contribution in [0.3, 0.4) is 0 Å². The molecule has 2 fully saturated rings. The molecule has 1 aliphatic carbocycles. The largest absolute Gasteiger partial charge is 0.362 e. The second-order valence-corrected chi connectivity index (χ2v) is 6.93. The summed E-state index contributed by atoms with van der Waals surface area (Å²) >= 11 is 1.67. The molecule has 112 valence electrons. The molecule has 1 N–H and O–H groups in total. The third-order valence-corrected chi connectivity index (χ3v) is 5.73. The third kappa shape index (κ3) is 2.65. The van der Waals surface area contributed by atoms with Crippen LogP contribution in [0.15, 0.2) is 23.1 Å². The van der Waals surface area contributed by atoms with Crippen LogP contribution in [0.4, 0.5) is 5.69 Å². The van der Waals surface area contributed by atoms with Crippen LogP contribution in [-0.4, -0.2) is 31.4 Å². The number of benzene rings is 1. The van der Waals surface area contributed by atoms with Crippen molar-refractivity contribution in [2.45, 2.75) is 42.5 Å². The van der Waals surface area contributed by atoms with Crippen molar-refractivity contribution in [3.05, 3.63) is 23.8 Å². The lowest BCUT2D eigenvalue weighted by atomic mass is 9.78. The van der Waals surface area contributed by atoms with Crippen LogP contribution < -0.4 is 10.2 Å². The van der Waals surface area contributed by atoms with E-state index >= 15 is 0 Å². The van der Waals surface area contributed by atoms with Crippen molar-refractivity contribution < 1.29 is 0 Å². The Hall–Kier alpha value is -1.18. The molecule has 0 unspecified atom stereocenters. The lowest BCUT2D eigenvalue weighted by molar-refractivity contribution is 0.241. The fraction of sp³-hybridized carbons (Fsp3) is 0.588. The first-order valence-electron chi connectivity index (χ1n) is 7.86. The first-order valence-corrected chi connectivity index (χ1v) is 9.09. The van der Waals surface area contributed by atoms with Crippen LogP contribution in [0.1, 0.15) is 37.7 Å². The van der Waals surface area contributed by atoms with E-state index in [1.165, 1.54) is 32.1 Å². The van der Waals surface area contributed by atoms with Gasteiger partial charge in [-0.1, -0.05) is 25.3 Å². The second kappa shape index (κ2) is 6.29. The molecule has 0 atom stereocenters. The van der Waals surface area contributed by atoms with Crippen LogP contribution >= 0.6 is 11.8 Å². The Morgan fingerprint density at radius 1 is 1.29 bits per heavy atom. The summed E-state index contributed by atoms with van der Waals surface area (Å²) in [5.74, 6) is 0. The number of piperazine rings is 1. The Morgan fingerprint density at radius 3 is 2.81 bits per heavy atom. The molecule has 3 rings (SSSR count). The van der Waals surface area contributed by atoms with Gasteiger partial charge in [0.05, 0.1) is 16.8 Å². The van der Waals surface area contributed by atoms with Crippen LogP contribution in [0.25, 0.3) is 0 Å². The van der Waals surface area contributed by atoms with Gasteiger partial charge < -0.3 is 10.2 Å². The molecule has 1 heterocycles. The minimum Gasteiger partial charge on any atom is -0.362 e. The zero-order valence-corrected chi connectivity index (χ0v) is 13.5. The lowest BCUT2D eigenvalue weighted by Gasteiger charge is -2.51. The fourth-order valence-corrected chi connectivity index (χ4v) is 4.47. The number of hydrogen-bond donors (Lipinski definition) is 1. The second-order valence-electron chi connectivity index (χ2n) is 6.08. The summed E-state index contributed by atoms with van der Waals surface area (Å²) in [5.41, 5.74) is 2.23. The molecule has 0 aromatic heterocycles. The van der Waals surface area contributed by atoms with E-state index in [0.29, 0.717) is 0 Å². The number of nitriles is 1. The molecule has 0 bridgehead atoms. The monoisotopic (exact) mass is 301 g/mol. The van der Waals surface area contributed by atoms with E-state index in [1.807, 2.05) is 6.26 Å². The third-order valence-electron chi connectivity index (χ3n) is 4.95. The number of hydrogen-bond acceptors (Lipinski definition) is 4. The molecule has 0 amide bonds. The Labute approximate surface area is 131 Å². The molecule has 1 aromatic carbocycles. The van der Waals surface area contributed by atoms with Gasteiger partial charge in [-0.05, 0) is 31.2 Å². The smallest absolute Gasteiger partial charge is 0.103 e. The highest BCUT2D eigenvalue weighted by atomic mass is 32.2. The number of nitrogens with one attached hydrogen (secondary N) is 1. The van der Waals surface area contributed by atoms with Gasteiger partial charge in [-0.15, -0.1) is 11.8 Å². The number of rotatable bonds is 2. The average molecular weight is 301 g/mol. The molecular formula is C17H23N3S. The van der Waals surface area contributed by atoms with Gasteiger partial charge in [0.15, 0.2) is 0 Å². The highest BCUT2D eigenvalue weighted by molar-refractivity contribution is 7.98. The molecule has 1 aromatic rings. The van der Waals surface area contributed by atoms with E-state index in [9.17, 15) is 5.26 Å². The first-order chi connectivity index (χ1) is 10.3. The summed E-state index contributed by atoms with van der Waals surface area (Å²) in [6.45, 7) is 3.07. The van der Waals surface area contributed by atoms with E-state index in [-0.39, 0.29) is 5.54 Å². The average Bonchev–Trinajstić information content (AvgIpc) is 2.55. The maximum atomic E-state index is 9.64. The van der Waals surface area contributed by atoms with Gasteiger partial charge in [0.25, 0.3) is 0 Å². The van der Waals surface area contributed by atoms with Crippen molar-refractivity contribution in [1.29, 1.82) is 5.26 Å². The minimum absolute atomic E-state index is 0.221. The summed E-state index contributed by atoms with van der Waals surface area (Å²) in [6.07, 6.45) is 8.51. The maximum absolute atomic E-state index is 9.64. The molecule has 1 aliphatic heterocycles. The molecular weight excluding hydrogens is 278 g/mol. The van der Waals surface area contributed by atoms with Crippen molar-refractivity contribution in [2.75, 3.05) is 30.8 Å². The van der Waals surface area contributed by atoms with Crippen LogP contribution in [0, 0.1) is 11.3 Å². The van der Waals surface area contributed by atoms with Gasteiger partial charge in [0.1, 0.15) is 6.07 Å². The number of anilines is 1. The summed E-state index contributed by atoms with van der Waals surface area (Å²) in [6, 6.07) is 8.75. The van der Waals surface area contributed by atoms with Crippen molar-refractivity contribution in [3.8, 4) is 6.07 Å². The van der Waals surface area contributed by atoms with E-state index in [0.717, 1.165) is 35.8 Å². The summed E-state index contributed by atoms with van der Waals surface area (Å²) < 4.78 is 0. The maximum Gasteiger partial charge on any atom is 0.103 e. The van der Waals surface area contributed by atoms with Crippen LogP contribution in [0.2, 0.25) is 0 Å². The molecule has 1 saturated heterocycles. The fourth-order valence-electron chi connectivity index (χ4n) is 3.90. The molecule has 1 saturated carbocycles. The highest BCUT2D eigenvalue weighted by Gasteiger charge is 2.40. The van der Waals surface area contributed by atoms with Crippen molar-refractivity contribution in [1.82, 2.24) is 5.32 Å². The number of thioether (sulfide) groups is 1. The summed E-state index contributed by atoms with van der Waals surface area (Å²) in [4.78, 5) is 3.64. The van der Waals surface area contributed by atoms with Crippen LogP contribution in [0.5, 0.6) is 0 Å². The lowest BCUT2D eigenvalue weighted by Crippen LogP contribution is -2.62. The molecule has 3 nitrogen and oxygen atoms in total. The van der Waals surface area contributed by atoms with Crippen LogP contribution in [-0.2, 0) is 0 Å². The SMILES string of the molecule is CSc1cccc(N2CCNCC23CCCCC3)c1C#N. The predicted octanol–water partition coefficient (Wildman–Crippen LogP) is 3.39.